The van der Waals surface area contributed by atoms with Gasteiger partial charge >= 0.3 is 0 Å². The van der Waals surface area contributed by atoms with E-state index >= 15 is 0 Å². The summed E-state index contributed by atoms with van der Waals surface area (Å²) in [5.74, 6) is -0.169. The molecule has 1 amide bonds. The molecule has 0 unspecified atom stereocenters. The normalized spacial score (nSPS) is 11.2. The van der Waals surface area contributed by atoms with E-state index in [1.165, 1.54) is 16.3 Å². The van der Waals surface area contributed by atoms with E-state index in [0.29, 0.717) is 11.3 Å². The molecular formula is C18H22N2O3S. The summed E-state index contributed by atoms with van der Waals surface area (Å²) >= 11 is 0. The monoisotopic (exact) mass is 346 g/mol. The van der Waals surface area contributed by atoms with Crippen LogP contribution >= 0.6 is 0 Å². The van der Waals surface area contributed by atoms with Crippen LogP contribution in [0.15, 0.2) is 47.4 Å². The standard InChI is InChI=1S/C18H22N2O3S/c1-13-6-10-16(11-7-13)24(22,23)20(5)17-12-15(9-8-14(17)2)18(21)19(3)4/h6-12H,1-5H3. The third-order valence-electron chi connectivity index (χ3n) is 3.88. The van der Waals surface area contributed by atoms with Crippen LogP contribution in [0.2, 0.25) is 0 Å². The highest BCUT2D eigenvalue weighted by molar-refractivity contribution is 7.92. The van der Waals surface area contributed by atoms with Gasteiger partial charge in [-0.2, -0.15) is 0 Å². The molecule has 0 atom stereocenters. The maximum absolute atomic E-state index is 12.8. The quantitative estimate of drug-likeness (QED) is 0.855. The van der Waals surface area contributed by atoms with Crippen LogP contribution in [0.4, 0.5) is 5.69 Å². The first kappa shape index (κ1) is 18.0. The first-order chi connectivity index (χ1) is 11.1. The van der Waals surface area contributed by atoms with Crippen molar-refractivity contribution in [3.05, 3.63) is 59.2 Å². The van der Waals surface area contributed by atoms with Crippen molar-refractivity contribution in [2.24, 2.45) is 0 Å². The average molecular weight is 346 g/mol. The van der Waals surface area contributed by atoms with Gasteiger partial charge in [0.2, 0.25) is 0 Å². The molecule has 5 nitrogen and oxygen atoms in total. The first-order valence-corrected chi connectivity index (χ1v) is 8.96. The maximum Gasteiger partial charge on any atom is 0.264 e. The van der Waals surface area contributed by atoms with Gasteiger partial charge < -0.3 is 4.90 Å². The van der Waals surface area contributed by atoms with E-state index in [0.717, 1.165) is 11.1 Å². The Balaban J connectivity index is 2.48. The predicted octanol–water partition coefficient (Wildman–Crippen LogP) is 2.83. The highest BCUT2D eigenvalue weighted by atomic mass is 32.2. The lowest BCUT2D eigenvalue weighted by Crippen LogP contribution is -2.28. The number of sulfonamides is 1. The first-order valence-electron chi connectivity index (χ1n) is 7.52. The molecule has 0 heterocycles. The van der Waals surface area contributed by atoms with E-state index in [2.05, 4.69) is 0 Å². The fourth-order valence-electron chi connectivity index (χ4n) is 2.34. The zero-order chi connectivity index (χ0) is 18.1. The molecular weight excluding hydrogens is 324 g/mol. The number of carbonyl (C=O) groups is 1. The van der Waals surface area contributed by atoms with E-state index in [1.54, 1.807) is 56.6 Å². The molecule has 0 radical (unpaired) electrons. The third-order valence-corrected chi connectivity index (χ3v) is 5.67. The summed E-state index contributed by atoms with van der Waals surface area (Å²) in [5.41, 5.74) is 2.71. The molecule has 0 N–H and O–H groups in total. The van der Waals surface area contributed by atoms with Crippen molar-refractivity contribution in [2.45, 2.75) is 18.7 Å². The van der Waals surface area contributed by atoms with Gasteiger partial charge in [0.15, 0.2) is 0 Å². The van der Waals surface area contributed by atoms with Crippen LogP contribution in [0, 0.1) is 13.8 Å². The number of hydrogen-bond acceptors (Lipinski definition) is 3. The van der Waals surface area contributed by atoms with E-state index in [9.17, 15) is 13.2 Å². The van der Waals surface area contributed by atoms with Crippen LogP contribution in [-0.4, -0.2) is 40.4 Å². The second-order valence-corrected chi connectivity index (χ2v) is 7.96. The van der Waals surface area contributed by atoms with Gasteiger partial charge in [-0.1, -0.05) is 23.8 Å². The average Bonchev–Trinajstić information content (AvgIpc) is 2.54. The Bertz CT molecular complexity index is 856. The van der Waals surface area contributed by atoms with Crippen molar-refractivity contribution in [3.63, 3.8) is 0 Å². The summed E-state index contributed by atoms with van der Waals surface area (Å²) in [5, 5.41) is 0. The fourth-order valence-corrected chi connectivity index (χ4v) is 3.59. The van der Waals surface area contributed by atoms with E-state index in [1.807, 2.05) is 13.8 Å². The lowest BCUT2D eigenvalue weighted by atomic mass is 10.1. The number of rotatable bonds is 4. The lowest BCUT2D eigenvalue weighted by Gasteiger charge is -2.22. The highest BCUT2D eigenvalue weighted by Gasteiger charge is 2.23. The SMILES string of the molecule is Cc1ccc(S(=O)(=O)N(C)c2cc(C(=O)N(C)C)ccc2C)cc1. The Morgan fingerprint density at radius 2 is 1.50 bits per heavy atom. The van der Waals surface area contributed by atoms with Crippen LogP contribution < -0.4 is 4.31 Å². The predicted molar refractivity (Wildman–Crippen MR) is 96.0 cm³/mol. The van der Waals surface area contributed by atoms with Gasteiger partial charge in [0.25, 0.3) is 15.9 Å². The van der Waals surface area contributed by atoms with Crippen LogP contribution in [0.1, 0.15) is 21.5 Å². The molecule has 0 aliphatic rings. The number of nitrogens with zero attached hydrogens (tertiary/aromatic N) is 2. The van der Waals surface area contributed by atoms with Gasteiger partial charge in [-0.15, -0.1) is 0 Å². The molecule has 24 heavy (non-hydrogen) atoms. The van der Waals surface area contributed by atoms with Crippen molar-refractivity contribution in [2.75, 3.05) is 25.4 Å². The minimum Gasteiger partial charge on any atom is -0.345 e. The molecule has 0 bridgehead atoms. The Morgan fingerprint density at radius 1 is 0.917 bits per heavy atom. The van der Waals surface area contributed by atoms with E-state index < -0.39 is 10.0 Å². The van der Waals surface area contributed by atoms with Crippen LogP contribution in [0.3, 0.4) is 0 Å². The fraction of sp³-hybridized carbons (Fsp3) is 0.278. The van der Waals surface area contributed by atoms with Crippen LogP contribution in [0.5, 0.6) is 0 Å². The molecule has 6 heteroatoms. The number of hydrogen-bond donors (Lipinski definition) is 0. The van der Waals surface area contributed by atoms with Crippen molar-refractivity contribution in [1.29, 1.82) is 0 Å². The largest absolute Gasteiger partial charge is 0.345 e. The maximum atomic E-state index is 12.8. The van der Waals surface area contributed by atoms with Gasteiger partial charge in [-0.05, 0) is 43.7 Å². The summed E-state index contributed by atoms with van der Waals surface area (Å²) in [7, 11) is 1.14. The van der Waals surface area contributed by atoms with E-state index in [4.69, 9.17) is 0 Å². The van der Waals surface area contributed by atoms with Gasteiger partial charge in [0.05, 0.1) is 10.6 Å². The molecule has 0 aliphatic heterocycles. The molecule has 2 rings (SSSR count). The topological polar surface area (TPSA) is 57.7 Å². The second-order valence-electron chi connectivity index (χ2n) is 5.99. The summed E-state index contributed by atoms with van der Waals surface area (Å²) in [6.45, 7) is 3.72. The third kappa shape index (κ3) is 3.43. The van der Waals surface area contributed by atoms with Crippen molar-refractivity contribution < 1.29 is 13.2 Å². The summed E-state index contributed by atoms with van der Waals surface area (Å²) in [4.78, 5) is 13.8. The highest BCUT2D eigenvalue weighted by Crippen LogP contribution is 2.27. The smallest absolute Gasteiger partial charge is 0.264 e. The number of amides is 1. The lowest BCUT2D eigenvalue weighted by molar-refractivity contribution is 0.0827. The molecule has 0 spiro atoms. The van der Waals surface area contributed by atoms with Gasteiger partial charge in [0, 0.05) is 26.7 Å². The van der Waals surface area contributed by atoms with Crippen LogP contribution in [0.25, 0.3) is 0 Å². The minimum atomic E-state index is -3.69. The minimum absolute atomic E-state index is 0.169. The van der Waals surface area contributed by atoms with Crippen LogP contribution in [-0.2, 0) is 10.0 Å². The zero-order valence-corrected chi connectivity index (χ0v) is 15.4. The van der Waals surface area contributed by atoms with Gasteiger partial charge in [-0.25, -0.2) is 8.42 Å². The number of anilines is 1. The second kappa shape index (κ2) is 6.65. The van der Waals surface area contributed by atoms with Gasteiger partial charge in [0.1, 0.15) is 0 Å². The molecule has 2 aromatic rings. The Kier molecular flexibility index (Phi) is 4.99. The van der Waals surface area contributed by atoms with Crippen molar-refractivity contribution >= 4 is 21.6 Å². The summed E-state index contributed by atoms with van der Waals surface area (Å²) in [6.07, 6.45) is 0. The van der Waals surface area contributed by atoms with Crippen molar-refractivity contribution in [3.8, 4) is 0 Å². The molecule has 128 valence electrons. The number of aryl methyl sites for hydroxylation is 2. The number of benzene rings is 2. The summed E-state index contributed by atoms with van der Waals surface area (Å²) < 4.78 is 26.9. The Morgan fingerprint density at radius 3 is 2.04 bits per heavy atom. The van der Waals surface area contributed by atoms with E-state index in [-0.39, 0.29) is 10.8 Å². The molecule has 2 aromatic carbocycles. The molecule has 0 fully saturated rings. The molecule has 0 aromatic heterocycles. The number of carbonyl (C=O) groups excluding carboxylic acids is 1. The van der Waals surface area contributed by atoms with Gasteiger partial charge in [-0.3, -0.25) is 9.10 Å². The molecule has 0 saturated carbocycles. The summed E-state index contributed by atoms with van der Waals surface area (Å²) in [6, 6.07) is 11.8. The Hall–Kier alpha value is -2.34. The zero-order valence-electron chi connectivity index (χ0n) is 14.6. The molecule has 0 saturated heterocycles. The Labute approximate surface area is 143 Å². The van der Waals surface area contributed by atoms with Crippen molar-refractivity contribution in [1.82, 2.24) is 4.90 Å². The molecule has 0 aliphatic carbocycles.